The van der Waals surface area contributed by atoms with Gasteiger partial charge >= 0.3 is 0 Å². The normalized spacial score (nSPS) is 12.2. The van der Waals surface area contributed by atoms with Crippen LogP contribution in [0, 0.1) is 13.8 Å². The van der Waals surface area contributed by atoms with Crippen molar-refractivity contribution >= 4 is 11.6 Å². The van der Waals surface area contributed by atoms with Crippen LogP contribution >= 0.6 is 0 Å². The Kier molecular flexibility index (Phi) is 5.16. The number of likely N-dealkylation sites (N-methyl/N-ethyl adjacent to an activating group) is 1. The molecule has 1 aromatic rings. The maximum atomic E-state index is 12.1. The zero-order valence-corrected chi connectivity index (χ0v) is 11.1. The van der Waals surface area contributed by atoms with Crippen molar-refractivity contribution in [2.75, 3.05) is 11.9 Å². The van der Waals surface area contributed by atoms with Crippen molar-refractivity contribution in [2.24, 2.45) is 0 Å². The molecule has 3 heteroatoms. The Balaban J connectivity index is 2.80. The van der Waals surface area contributed by atoms with Gasteiger partial charge in [0.15, 0.2) is 0 Å². The second kappa shape index (κ2) is 6.40. The van der Waals surface area contributed by atoms with Gasteiger partial charge in [-0.2, -0.15) is 0 Å². The molecule has 0 heterocycles. The summed E-state index contributed by atoms with van der Waals surface area (Å²) in [6.07, 6.45) is 0.796. The molecule has 0 fully saturated rings. The van der Waals surface area contributed by atoms with E-state index in [4.69, 9.17) is 0 Å². The molecule has 0 saturated heterocycles. The molecule has 0 spiro atoms. The first-order chi connectivity index (χ1) is 8.10. The van der Waals surface area contributed by atoms with Gasteiger partial charge in [0.2, 0.25) is 5.91 Å². The van der Waals surface area contributed by atoms with Gasteiger partial charge in [-0.25, -0.2) is 0 Å². The Hall–Kier alpha value is -1.35. The third-order valence-corrected chi connectivity index (χ3v) is 2.90. The van der Waals surface area contributed by atoms with Crippen molar-refractivity contribution in [3.8, 4) is 0 Å². The summed E-state index contributed by atoms with van der Waals surface area (Å²) in [7, 11) is 0. The van der Waals surface area contributed by atoms with Gasteiger partial charge in [-0.15, -0.1) is 0 Å². The fraction of sp³-hybridized carbons (Fsp3) is 0.500. The summed E-state index contributed by atoms with van der Waals surface area (Å²) in [4.78, 5) is 12.1. The Morgan fingerprint density at radius 2 is 1.82 bits per heavy atom. The summed E-state index contributed by atoms with van der Waals surface area (Å²) in [5.74, 6) is 0.0479. The maximum absolute atomic E-state index is 12.1. The molecular weight excluding hydrogens is 212 g/mol. The SMILES string of the molecule is CCNC(CC)C(=O)Nc1c(C)cccc1C. The van der Waals surface area contributed by atoms with Crippen LogP contribution in [0.4, 0.5) is 5.69 Å². The van der Waals surface area contributed by atoms with E-state index in [9.17, 15) is 4.79 Å². The van der Waals surface area contributed by atoms with Crippen molar-refractivity contribution in [3.63, 3.8) is 0 Å². The summed E-state index contributed by atoms with van der Waals surface area (Å²) in [6, 6.07) is 5.91. The Bertz CT molecular complexity index is 368. The van der Waals surface area contributed by atoms with E-state index in [2.05, 4.69) is 10.6 Å². The van der Waals surface area contributed by atoms with Crippen LogP contribution in [-0.4, -0.2) is 18.5 Å². The lowest BCUT2D eigenvalue weighted by Gasteiger charge is -2.18. The van der Waals surface area contributed by atoms with Crippen LogP contribution in [0.1, 0.15) is 31.4 Å². The van der Waals surface area contributed by atoms with E-state index in [1.807, 2.05) is 45.9 Å². The van der Waals surface area contributed by atoms with Crippen LogP contribution in [-0.2, 0) is 4.79 Å². The van der Waals surface area contributed by atoms with E-state index in [0.29, 0.717) is 0 Å². The van der Waals surface area contributed by atoms with Crippen LogP contribution in [0.2, 0.25) is 0 Å². The summed E-state index contributed by atoms with van der Waals surface area (Å²) in [6.45, 7) is 8.85. The quantitative estimate of drug-likeness (QED) is 0.822. The van der Waals surface area contributed by atoms with Gasteiger partial charge in [-0.1, -0.05) is 32.0 Å². The van der Waals surface area contributed by atoms with Gasteiger partial charge in [0.05, 0.1) is 6.04 Å². The zero-order chi connectivity index (χ0) is 12.8. The van der Waals surface area contributed by atoms with Gasteiger partial charge in [-0.05, 0) is 37.9 Å². The van der Waals surface area contributed by atoms with Gasteiger partial charge in [-0.3, -0.25) is 4.79 Å². The molecule has 1 unspecified atom stereocenters. The van der Waals surface area contributed by atoms with E-state index < -0.39 is 0 Å². The number of carbonyl (C=O) groups excluding carboxylic acids is 1. The third-order valence-electron chi connectivity index (χ3n) is 2.90. The molecule has 0 radical (unpaired) electrons. The highest BCUT2D eigenvalue weighted by Gasteiger charge is 2.16. The number of hydrogen-bond donors (Lipinski definition) is 2. The van der Waals surface area contributed by atoms with Gasteiger partial charge in [0.25, 0.3) is 0 Å². The smallest absolute Gasteiger partial charge is 0.241 e. The van der Waals surface area contributed by atoms with E-state index in [0.717, 1.165) is 29.8 Å². The minimum atomic E-state index is -0.112. The standard InChI is InChI=1S/C14H22N2O/c1-5-12(15-6-2)14(17)16-13-10(3)8-7-9-11(13)4/h7-9,12,15H,5-6H2,1-4H3,(H,16,17). The Morgan fingerprint density at radius 3 is 2.29 bits per heavy atom. The number of anilines is 1. The summed E-state index contributed by atoms with van der Waals surface area (Å²) < 4.78 is 0. The molecule has 0 aliphatic carbocycles. The first-order valence-corrected chi connectivity index (χ1v) is 6.20. The lowest BCUT2D eigenvalue weighted by atomic mass is 10.1. The van der Waals surface area contributed by atoms with Crippen molar-refractivity contribution in [3.05, 3.63) is 29.3 Å². The van der Waals surface area contributed by atoms with Gasteiger partial charge in [0, 0.05) is 5.69 Å². The Morgan fingerprint density at radius 1 is 1.24 bits per heavy atom. The number of aryl methyl sites for hydroxylation is 2. The average Bonchev–Trinajstić information content (AvgIpc) is 2.30. The van der Waals surface area contributed by atoms with E-state index in [1.165, 1.54) is 0 Å². The van der Waals surface area contributed by atoms with Gasteiger partial charge < -0.3 is 10.6 Å². The molecule has 1 amide bonds. The van der Waals surface area contributed by atoms with Crippen LogP contribution in [0.5, 0.6) is 0 Å². The van der Waals surface area contributed by atoms with Crippen molar-refractivity contribution in [2.45, 2.75) is 40.2 Å². The minimum absolute atomic E-state index is 0.0479. The highest BCUT2D eigenvalue weighted by Crippen LogP contribution is 2.19. The van der Waals surface area contributed by atoms with Gasteiger partial charge in [0.1, 0.15) is 0 Å². The summed E-state index contributed by atoms with van der Waals surface area (Å²) in [5.41, 5.74) is 3.14. The molecule has 0 aliphatic heterocycles. The van der Waals surface area contributed by atoms with Crippen LogP contribution < -0.4 is 10.6 Å². The molecule has 2 N–H and O–H groups in total. The predicted molar refractivity (Wildman–Crippen MR) is 72.3 cm³/mol. The number of benzene rings is 1. The summed E-state index contributed by atoms with van der Waals surface area (Å²) in [5, 5.41) is 6.19. The molecule has 0 saturated carbocycles. The molecule has 0 bridgehead atoms. The van der Waals surface area contributed by atoms with Crippen LogP contribution in [0.25, 0.3) is 0 Å². The fourth-order valence-electron chi connectivity index (χ4n) is 1.89. The third kappa shape index (κ3) is 3.56. The predicted octanol–water partition coefficient (Wildman–Crippen LogP) is 2.63. The molecule has 1 rings (SSSR count). The molecular formula is C14H22N2O. The second-order valence-corrected chi connectivity index (χ2v) is 4.27. The fourth-order valence-corrected chi connectivity index (χ4v) is 1.89. The van der Waals surface area contributed by atoms with E-state index in [-0.39, 0.29) is 11.9 Å². The largest absolute Gasteiger partial charge is 0.324 e. The van der Waals surface area contributed by atoms with Crippen molar-refractivity contribution in [1.82, 2.24) is 5.32 Å². The van der Waals surface area contributed by atoms with E-state index in [1.54, 1.807) is 0 Å². The van der Waals surface area contributed by atoms with Crippen LogP contribution in [0.15, 0.2) is 18.2 Å². The van der Waals surface area contributed by atoms with Crippen molar-refractivity contribution in [1.29, 1.82) is 0 Å². The molecule has 1 atom stereocenters. The minimum Gasteiger partial charge on any atom is -0.324 e. The lowest BCUT2D eigenvalue weighted by Crippen LogP contribution is -2.40. The average molecular weight is 234 g/mol. The molecule has 0 aliphatic rings. The first kappa shape index (κ1) is 13.7. The number of rotatable bonds is 5. The number of amides is 1. The monoisotopic (exact) mass is 234 g/mol. The highest BCUT2D eigenvalue weighted by atomic mass is 16.2. The highest BCUT2D eigenvalue weighted by molar-refractivity contribution is 5.96. The topological polar surface area (TPSA) is 41.1 Å². The molecule has 1 aromatic carbocycles. The zero-order valence-electron chi connectivity index (χ0n) is 11.1. The number of para-hydroxylation sites is 1. The maximum Gasteiger partial charge on any atom is 0.241 e. The lowest BCUT2D eigenvalue weighted by molar-refractivity contribution is -0.118. The number of carbonyl (C=O) groups is 1. The molecule has 94 valence electrons. The molecule has 3 nitrogen and oxygen atoms in total. The number of nitrogens with one attached hydrogen (secondary N) is 2. The van der Waals surface area contributed by atoms with E-state index >= 15 is 0 Å². The second-order valence-electron chi connectivity index (χ2n) is 4.27. The van der Waals surface area contributed by atoms with Crippen molar-refractivity contribution < 1.29 is 4.79 Å². The number of hydrogen-bond acceptors (Lipinski definition) is 2. The first-order valence-electron chi connectivity index (χ1n) is 6.20. The summed E-state index contributed by atoms with van der Waals surface area (Å²) >= 11 is 0. The van der Waals surface area contributed by atoms with Crippen LogP contribution in [0.3, 0.4) is 0 Å². The Labute approximate surface area is 104 Å². The molecule has 0 aromatic heterocycles. The molecule has 17 heavy (non-hydrogen) atoms.